The van der Waals surface area contributed by atoms with Crippen LogP contribution in [0.15, 0.2) is 48.5 Å². The molecule has 2 aromatic carbocycles. The molecule has 4 rings (SSSR count). The highest BCUT2D eigenvalue weighted by atomic mass is 19.4. The van der Waals surface area contributed by atoms with Crippen LogP contribution in [0.2, 0.25) is 0 Å². The maximum absolute atomic E-state index is 13.6. The Hall–Kier alpha value is -3.49. The predicted molar refractivity (Wildman–Crippen MR) is 112 cm³/mol. The van der Waals surface area contributed by atoms with Gasteiger partial charge in [0.2, 0.25) is 0 Å². The number of amides is 1. The van der Waals surface area contributed by atoms with Crippen LogP contribution in [0.1, 0.15) is 45.7 Å². The number of hydrogen-bond donors (Lipinski definition) is 0. The zero-order valence-electron chi connectivity index (χ0n) is 18.0. The molecule has 0 N–H and O–H groups in total. The predicted octanol–water partition coefficient (Wildman–Crippen LogP) is 5.02. The van der Waals surface area contributed by atoms with E-state index >= 15 is 0 Å². The second-order valence-corrected chi connectivity index (χ2v) is 8.13. The summed E-state index contributed by atoms with van der Waals surface area (Å²) < 4.78 is 54.2. The highest BCUT2D eigenvalue weighted by molar-refractivity contribution is 6.43. The number of aryl methyl sites for hydroxylation is 1. The van der Waals surface area contributed by atoms with E-state index in [0.717, 1.165) is 25.0 Å². The van der Waals surface area contributed by atoms with Gasteiger partial charge in [-0.05, 0) is 62.6 Å². The lowest BCUT2D eigenvalue weighted by Gasteiger charge is -2.22. The van der Waals surface area contributed by atoms with E-state index in [9.17, 15) is 27.2 Å². The number of aromatic nitrogens is 2. The van der Waals surface area contributed by atoms with Gasteiger partial charge in [0.05, 0.1) is 28.2 Å². The Morgan fingerprint density at radius 3 is 2.42 bits per heavy atom. The van der Waals surface area contributed by atoms with Crippen molar-refractivity contribution in [1.82, 2.24) is 14.7 Å². The fourth-order valence-electron chi connectivity index (χ4n) is 3.86. The van der Waals surface area contributed by atoms with Crippen LogP contribution in [0.5, 0.6) is 0 Å². The number of carbonyl (C=O) groups excluding carboxylic acids is 2. The lowest BCUT2D eigenvalue weighted by atomic mass is 10.1. The molecule has 1 aliphatic rings. The molecule has 1 amide bonds. The van der Waals surface area contributed by atoms with Crippen LogP contribution in [-0.4, -0.2) is 32.4 Å². The molecule has 0 aliphatic heterocycles. The van der Waals surface area contributed by atoms with Gasteiger partial charge in [-0.15, -0.1) is 0 Å². The van der Waals surface area contributed by atoms with Crippen LogP contribution < -0.4 is 0 Å². The van der Waals surface area contributed by atoms with Gasteiger partial charge in [0.25, 0.3) is 11.7 Å². The third-order valence-corrected chi connectivity index (χ3v) is 5.62. The second-order valence-electron chi connectivity index (χ2n) is 8.13. The smallest absolute Gasteiger partial charge is 0.328 e. The number of Topliss-reactive ketones (excluding diaryl/α,β-unsaturated/α-hetero) is 1. The van der Waals surface area contributed by atoms with E-state index in [4.69, 9.17) is 0 Å². The largest absolute Gasteiger partial charge is 0.416 e. The summed E-state index contributed by atoms with van der Waals surface area (Å²) in [6, 6.07) is 10.3. The second kappa shape index (κ2) is 8.46. The third kappa shape index (κ3) is 4.67. The first-order valence-corrected chi connectivity index (χ1v) is 10.4. The zero-order valence-corrected chi connectivity index (χ0v) is 18.0. The molecular formula is C24H21F4N3O2. The lowest BCUT2D eigenvalue weighted by molar-refractivity contribution is -0.137. The maximum Gasteiger partial charge on any atom is 0.416 e. The van der Waals surface area contributed by atoms with Gasteiger partial charge in [0.1, 0.15) is 5.82 Å². The molecule has 1 heterocycles. The number of alkyl halides is 3. The van der Waals surface area contributed by atoms with E-state index in [0.29, 0.717) is 5.56 Å². The van der Waals surface area contributed by atoms with Crippen LogP contribution in [0.3, 0.4) is 0 Å². The lowest BCUT2D eigenvalue weighted by Crippen LogP contribution is -2.38. The summed E-state index contributed by atoms with van der Waals surface area (Å²) in [5.41, 5.74) is 0.428. The van der Waals surface area contributed by atoms with Crippen molar-refractivity contribution in [2.45, 2.75) is 45.5 Å². The standard InChI is InChI=1S/C24H21F4N3O2/c1-14-21(15(2)31(29-14)20-8-4-6-17(12-20)24(26,27)28)22(32)23(33)30(19-9-10-19)13-16-5-3-7-18(25)11-16/h3-8,11-12,19H,9-10,13H2,1-2H3. The molecule has 0 unspecified atom stereocenters. The normalized spacial score (nSPS) is 13.8. The minimum absolute atomic E-state index is 0.0577. The van der Waals surface area contributed by atoms with Crippen molar-refractivity contribution < 1.29 is 27.2 Å². The Morgan fingerprint density at radius 1 is 1.09 bits per heavy atom. The van der Waals surface area contributed by atoms with Crippen LogP contribution in [0.4, 0.5) is 17.6 Å². The Balaban J connectivity index is 1.64. The summed E-state index contributed by atoms with van der Waals surface area (Å²) in [6.45, 7) is 3.16. The van der Waals surface area contributed by atoms with E-state index in [1.165, 1.54) is 53.8 Å². The van der Waals surface area contributed by atoms with E-state index in [-0.39, 0.29) is 35.2 Å². The molecule has 172 valence electrons. The Kier molecular flexibility index (Phi) is 5.82. The molecule has 1 fully saturated rings. The minimum atomic E-state index is -4.53. The average Bonchev–Trinajstić information content (AvgIpc) is 3.55. The number of hydrogen-bond acceptors (Lipinski definition) is 3. The van der Waals surface area contributed by atoms with Gasteiger partial charge in [0, 0.05) is 12.6 Å². The van der Waals surface area contributed by atoms with E-state index in [1.807, 2.05) is 0 Å². The number of carbonyl (C=O) groups is 2. The molecule has 9 heteroatoms. The van der Waals surface area contributed by atoms with Gasteiger partial charge >= 0.3 is 6.18 Å². The van der Waals surface area contributed by atoms with Crippen molar-refractivity contribution in [3.05, 3.63) is 82.4 Å². The molecular weight excluding hydrogens is 438 g/mol. The topological polar surface area (TPSA) is 55.2 Å². The number of halogens is 4. The summed E-state index contributed by atoms with van der Waals surface area (Å²) in [7, 11) is 0. The molecule has 1 saturated carbocycles. The van der Waals surface area contributed by atoms with Crippen molar-refractivity contribution in [2.24, 2.45) is 0 Å². The van der Waals surface area contributed by atoms with E-state index in [1.54, 1.807) is 6.07 Å². The quantitative estimate of drug-likeness (QED) is 0.296. The SMILES string of the molecule is Cc1nn(-c2cccc(C(F)(F)F)c2)c(C)c1C(=O)C(=O)N(Cc1cccc(F)c1)C1CC1. The van der Waals surface area contributed by atoms with Crippen LogP contribution in [0, 0.1) is 19.7 Å². The van der Waals surface area contributed by atoms with Crippen LogP contribution in [-0.2, 0) is 17.5 Å². The Bertz CT molecular complexity index is 1230. The van der Waals surface area contributed by atoms with Crippen molar-refractivity contribution in [1.29, 1.82) is 0 Å². The molecule has 33 heavy (non-hydrogen) atoms. The molecule has 1 aliphatic carbocycles. The Morgan fingerprint density at radius 2 is 1.79 bits per heavy atom. The minimum Gasteiger partial charge on any atom is -0.328 e. The van der Waals surface area contributed by atoms with Crippen molar-refractivity contribution >= 4 is 11.7 Å². The zero-order chi connectivity index (χ0) is 23.9. The van der Waals surface area contributed by atoms with Gasteiger partial charge in [-0.2, -0.15) is 18.3 Å². The molecule has 3 aromatic rings. The molecule has 0 atom stereocenters. The highest BCUT2D eigenvalue weighted by Gasteiger charge is 2.37. The molecule has 0 bridgehead atoms. The summed E-state index contributed by atoms with van der Waals surface area (Å²) >= 11 is 0. The van der Waals surface area contributed by atoms with Gasteiger partial charge in [-0.3, -0.25) is 9.59 Å². The maximum atomic E-state index is 13.6. The molecule has 1 aromatic heterocycles. The highest BCUT2D eigenvalue weighted by Crippen LogP contribution is 2.32. The van der Waals surface area contributed by atoms with Gasteiger partial charge in [0.15, 0.2) is 0 Å². The monoisotopic (exact) mass is 459 g/mol. The summed E-state index contributed by atoms with van der Waals surface area (Å²) in [5, 5.41) is 4.23. The number of benzene rings is 2. The van der Waals surface area contributed by atoms with Crippen LogP contribution >= 0.6 is 0 Å². The van der Waals surface area contributed by atoms with Crippen molar-refractivity contribution in [3.63, 3.8) is 0 Å². The molecule has 0 radical (unpaired) electrons. The Labute approximate surface area is 187 Å². The first kappa shape index (κ1) is 22.7. The first-order chi connectivity index (χ1) is 15.6. The first-order valence-electron chi connectivity index (χ1n) is 10.4. The van der Waals surface area contributed by atoms with Crippen LogP contribution in [0.25, 0.3) is 5.69 Å². The molecule has 5 nitrogen and oxygen atoms in total. The van der Waals surface area contributed by atoms with E-state index < -0.39 is 29.2 Å². The van der Waals surface area contributed by atoms with Gasteiger partial charge in [-0.1, -0.05) is 18.2 Å². The summed E-state index contributed by atoms with van der Waals surface area (Å²) in [4.78, 5) is 27.8. The molecule has 0 spiro atoms. The average molecular weight is 459 g/mol. The number of ketones is 1. The fourth-order valence-corrected chi connectivity index (χ4v) is 3.86. The number of rotatable bonds is 6. The number of nitrogens with zero attached hydrogens (tertiary/aromatic N) is 3. The van der Waals surface area contributed by atoms with Gasteiger partial charge < -0.3 is 4.90 Å². The van der Waals surface area contributed by atoms with Crippen molar-refractivity contribution in [3.8, 4) is 5.69 Å². The molecule has 0 saturated heterocycles. The third-order valence-electron chi connectivity index (χ3n) is 5.62. The van der Waals surface area contributed by atoms with Gasteiger partial charge in [-0.25, -0.2) is 9.07 Å². The van der Waals surface area contributed by atoms with E-state index in [2.05, 4.69) is 5.10 Å². The summed E-state index contributed by atoms with van der Waals surface area (Å²) in [6.07, 6.45) is -3.03. The summed E-state index contributed by atoms with van der Waals surface area (Å²) in [5.74, 6) is -1.96. The van der Waals surface area contributed by atoms with Crippen molar-refractivity contribution in [2.75, 3.05) is 0 Å². The fraction of sp³-hybridized carbons (Fsp3) is 0.292.